The van der Waals surface area contributed by atoms with Crippen molar-refractivity contribution in [1.29, 1.82) is 0 Å². The Morgan fingerprint density at radius 2 is 1.85 bits per heavy atom. The third-order valence-corrected chi connectivity index (χ3v) is 2.74. The average Bonchev–Trinajstić information content (AvgIpc) is 2.08. The fourth-order valence-corrected chi connectivity index (χ4v) is 1.88. The van der Waals surface area contributed by atoms with Gasteiger partial charge in [-0.1, -0.05) is 0 Å². The smallest absolute Gasteiger partial charge is 0.0252 e. The molecule has 1 rings (SSSR count). The van der Waals surface area contributed by atoms with Crippen LogP contribution in [-0.2, 0) is 0 Å². The van der Waals surface area contributed by atoms with Gasteiger partial charge in [-0.2, -0.15) is 0 Å². The largest absolute Gasteiger partial charge is 0.310 e. The van der Waals surface area contributed by atoms with Crippen molar-refractivity contribution in [3.05, 3.63) is 0 Å². The summed E-state index contributed by atoms with van der Waals surface area (Å²) in [6.45, 7) is 15.0. The first-order valence-corrected chi connectivity index (χ1v) is 5.31. The molecule has 1 saturated heterocycles. The molecule has 1 aliphatic heterocycles. The van der Waals surface area contributed by atoms with E-state index in [0.29, 0.717) is 5.54 Å². The van der Waals surface area contributed by atoms with E-state index in [-0.39, 0.29) is 5.54 Å². The number of hydrogen-bond acceptors (Lipinski definition) is 2. The molecular weight excluding hydrogens is 160 g/mol. The molecule has 0 aromatic heterocycles. The lowest BCUT2D eigenvalue weighted by molar-refractivity contribution is 0.117. The van der Waals surface area contributed by atoms with Gasteiger partial charge in [0.1, 0.15) is 0 Å². The van der Waals surface area contributed by atoms with Crippen molar-refractivity contribution < 1.29 is 0 Å². The first-order valence-electron chi connectivity index (χ1n) is 5.31. The highest BCUT2D eigenvalue weighted by Gasteiger charge is 2.29. The van der Waals surface area contributed by atoms with Gasteiger partial charge in [0.2, 0.25) is 0 Å². The van der Waals surface area contributed by atoms with Crippen LogP contribution in [0.1, 0.15) is 41.0 Å². The van der Waals surface area contributed by atoms with Crippen LogP contribution in [0.3, 0.4) is 0 Å². The SMILES string of the molecule is CC1(C)CN(C(C)(C)C)CCCN1. The second-order valence-electron chi connectivity index (χ2n) is 5.76. The Morgan fingerprint density at radius 1 is 1.23 bits per heavy atom. The van der Waals surface area contributed by atoms with Crippen LogP contribution in [0, 0.1) is 0 Å². The van der Waals surface area contributed by atoms with Crippen LogP contribution in [0.5, 0.6) is 0 Å². The Morgan fingerprint density at radius 3 is 2.38 bits per heavy atom. The van der Waals surface area contributed by atoms with E-state index in [0.717, 1.165) is 13.1 Å². The second kappa shape index (κ2) is 3.58. The van der Waals surface area contributed by atoms with Crippen LogP contribution < -0.4 is 5.32 Å². The second-order valence-corrected chi connectivity index (χ2v) is 5.76. The molecule has 0 bridgehead atoms. The molecule has 1 N–H and O–H groups in total. The van der Waals surface area contributed by atoms with E-state index in [4.69, 9.17) is 0 Å². The average molecular weight is 184 g/mol. The van der Waals surface area contributed by atoms with E-state index < -0.39 is 0 Å². The molecule has 1 fully saturated rings. The highest BCUT2D eigenvalue weighted by atomic mass is 15.2. The summed E-state index contributed by atoms with van der Waals surface area (Å²) >= 11 is 0. The Hall–Kier alpha value is -0.0800. The summed E-state index contributed by atoms with van der Waals surface area (Å²) in [6.07, 6.45) is 1.26. The molecule has 0 atom stereocenters. The monoisotopic (exact) mass is 184 g/mol. The first kappa shape index (κ1) is 11.0. The summed E-state index contributed by atoms with van der Waals surface area (Å²) in [6, 6.07) is 0. The van der Waals surface area contributed by atoms with Gasteiger partial charge in [0.15, 0.2) is 0 Å². The normalized spacial score (nSPS) is 25.6. The van der Waals surface area contributed by atoms with E-state index >= 15 is 0 Å². The molecule has 0 amide bonds. The highest BCUT2D eigenvalue weighted by Crippen LogP contribution is 2.19. The topological polar surface area (TPSA) is 15.3 Å². The van der Waals surface area contributed by atoms with Crippen LogP contribution >= 0.6 is 0 Å². The van der Waals surface area contributed by atoms with Gasteiger partial charge >= 0.3 is 0 Å². The van der Waals surface area contributed by atoms with Crippen molar-refractivity contribution in [2.75, 3.05) is 19.6 Å². The van der Waals surface area contributed by atoms with E-state index in [1.807, 2.05) is 0 Å². The minimum absolute atomic E-state index is 0.268. The maximum Gasteiger partial charge on any atom is 0.0252 e. The highest BCUT2D eigenvalue weighted by molar-refractivity contribution is 4.89. The number of rotatable bonds is 0. The van der Waals surface area contributed by atoms with Crippen molar-refractivity contribution in [3.8, 4) is 0 Å². The summed E-state index contributed by atoms with van der Waals surface area (Å²) in [7, 11) is 0. The van der Waals surface area contributed by atoms with Gasteiger partial charge in [0.25, 0.3) is 0 Å². The molecule has 2 nitrogen and oxygen atoms in total. The number of nitrogens with zero attached hydrogens (tertiary/aromatic N) is 1. The molecule has 0 aromatic carbocycles. The molecule has 1 heterocycles. The summed E-state index contributed by atoms with van der Waals surface area (Å²) in [5.41, 5.74) is 0.576. The van der Waals surface area contributed by atoms with Gasteiger partial charge in [-0.05, 0) is 54.1 Å². The zero-order valence-electron chi connectivity index (χ0n) is 9.78. The summed E-state index contributed by atoms with van der Waals surface area (Å²) in [4.78, 5) is 2.58. The van der Waals surface area contributed by atoms with Crippen molar-refractivity contribution in [3.63, 3.8) is 0 Å². The number of nitrogens with one attached hydrogen (secondary N) is 1. The van der Waals surface area contributed by atoms with Gasteiger partial charge < -0.3 is 5.32 Å². The third kappa shape index (κ3) is 3.28. The standard InChI is InChI=1S/C11H24N2/c1-10(2,3)13-8-6-7-12-11(4,5)9-13/h12H,6-9H2,1-5H3. The molecule has 1 aliphatic rings. The van der Waals surface area contributed by atoms with Crippen LogP contribution in [-0.4, -0.2) is 35.6 Å². The summed E-state index contributed by atoms with van der Waals surface area (Å²) in [5.74, 6) is 0. The van der Waals surface area contributed by atoms with Gasteiger partial charge in [-0.3, -0.25) is 4.90 Å². The quantitative estimate of drug-likeness (QED) is 0.618. The van der Waals surface area contributed by atoms with Crippen LogP contribution in [0.2, 0.25) is 0 Å². The zero-order valence-corrected chi connectivity index (χ0v) is 9.78. The fourth-order valence-electron chi connectivity index (χ4n) is 1.88. The van der Waals surface area contributed by atoms with E-state index in [1.54, 1.807) is 0 Å². The fraction of sp³-hybridized carbons (Fsp3) is 1.00. The Bertz CT molecular complexity index is 167. The Kier molecular flexibility index (Phi) is 3.03. The molecule has 78 valence electrons. The molecular formula is C11H24N2. The molecule has 0 aliphatic carbocycles. The van der Waals surface area contributed by atoms with Gasteiger partial charge in [-0.15, -0.1) is 0 Å². The van der Waals surface area contributed by atoms with Crippen LogP contribution in [0.25, 0.3) is 0 Å². The van der Waals surface area contributed by atoms with E-state index in [1.165, 1.54) is 13.0 Å². The van der Waals surface area contributed by atoms with Crippen LogP contribution in [0.15, 0.2) is 0 Å². The maximum atomic E-state index is 3.58. The van der Waals surface area contributed by atoms with Crippen molar-refractivity contribution in [1.82, 2.24) is 10.2 Å². The minimum atomic E-state index is 0.268. The first-order chi connectivity index (χ1) is 5.81. The molecule has 0 spiro atoms. The molecule has 0 unspecified atom stereocenters. The van der Waals surface area contributed by atoms with E-state index in [9.17, 15) is 0 Å². The lowest BCUT2D eigenvalue weighted by Gasteiger charge is -2.39. The predicted molar refractivity (Wildman–Crippen MR) is 58.0 cm³/mol. The molecule has 0 radical (unpaired) electrons. The van der Waals surface area contributed by atoms with Gasteiger partial charge in [0, 0.05) is 17.6 Å². The van der Waals surface area contributed by atoms with Gasteiger partial charge in [-0.25, -0.2) is 0 Å². The minimum Gasteiger partial charge on any atom is -0.310 e. The zero-order chi connectivity index (χ0) is 10.1. The summed E-state index contributed by atoms with van der Waals surface area (Å²) < 4.78 is 0. The Balaban J connectivity index is 2.65. The predicted octanol–water partition coefficient (Wildman–Crippen LogP) is 1.86. The molecule has 0 aromatic rings. The van der Waals surface area contributed by atoms with Crippen molar-refractivity contribution in [2.24, 2.45) is 0 Å². The van der Waals surface area contributed by atoms with Gasteiger partial charge in [0.05, 0.1) is 0 Å². The summed E-state index contributed by atoms with van der Waals surface area (Å²) in [5, 5.41) is 3.58. The van der Waals surface area contributed by atoms with Crippen molar-refractivity contribution >= 4 is 0 Å². The molecule has 0 saturated carbocycles. The third-order valence-electron chi connectivity index (χ3n) is 2.74. The lowest BCUT2D eigenvalue weighted by atomic mass is 10.0. The van der Waals surface area contributed by atoms with E-state index in [2.05, 4.69) is 44.8 Å². The lowest BCUT2D eigenvalue weighted by Crippen LogP contribution is -2.51. The Labute approximate surface area is 82.7 Å². The maximum absolute atomic E-state index is 3.58. The number of hydrogen-bond donors (Lipinski definition) is 1. The molecule has 2 heteroatoms. The van der Waals surface area contributed by atoms with Crippen LogP contribution in [0.4, 0.5) is 0 Å². The molecule has 13 heavy (non-hydrogen) atoms. The van der Waals surface area contributed by atoms with Crippen molar-refractivity contribution in [2.45, 2.75) is 52.1 Å².